The zero-order valence-corrected chi connectivity index (χ0v) is 43.8. The van der Waals surface area contributed by atoms with Gasteiger partial charge in [0.05, 0.1) is 36.4 Å². The van der Waals surface area contributed by atoms with Crippen molar-refractivity contribution in [3.63, 3.8) is 0 Å². The standard InChI is InChI=1S/C56H67NO17/c1-28(2)13-12-22-54(10)23-21-34-44(72-54)33(19-14-29(3)4)46-39(45(34)70-50(63)31-15-17-32(18-16-31)68-51-43(60)42(59)47-37(69-51)27-67-53(8,9)71-47)41(58)40-36(26-57(64)65)35-25-38-52(6,7)74-55(48(35)61,56(38,40)73-46)24-20-30(5)49(62)66-11/h13-18,20-21,23,35-38,40,42-43,47,51,59-60H,12,19,22,24-27H2,1-11H3/b30-20-/t35?,36?,37-,38?,40?,42+,43-,47-,51-,54?,55?,56?/m1/s1. The average Bonchev–Trinajstić information content (AvgIpc) is 3.47. The number of carbonyl (C=O) groups excluding carboxylic acids is 4. The van der Waals surface area contributed by atoms with Crippen LogP contribution in [-0.4, -0.2) is 118 Å². The van der Waals surface area contributed by atoms with E-state index in [1.165, 1.54) is 37.5 Å². The van der Waals surface area contributed by atoms with Crippen LogP contribution in [0.3, 0.4) is 0 Å². The third-order valence-electron chi connectivity index (χ3n) is 15.9. The van der Waals surface area contributed by atoms with E-state index in [4.69, 9.17) is 42.6 Å². The quantitative estimate of drug-likeness (QED) is 0.0468. The minimum Gasteiger partial charge on any atom is -0.482 e. The molecule has 0 aromatic heterocycles. The van der Waals surface area contributed by atoms with Crippen molar-refractivity contribution in [2.45, 2.75) is 160 Å². The Bertz CT molecular complexity index is 2780. The van der Waals surface area contributed by atoms with E-state index >= 15 is 9.59 Å². The number of rotatable bonds is 14. The number of benzene rings is 2. The van der Waals surface area contributed by atoms with Crippen molar-refractivity contribution in [2.75, 3.05) is 20.3 Å². The molecular formula is C56H67NO17. The summed E-state index contributed by atoms with van der Waals surface area (Å²) in [4.78, 5) is 71.1. The van der Waals surface area contributed by atoms with Gasteiger partial charge in [-0.3, -0.25) is 19.7 Å². The van der Waals surface area contributed by atoms with Crippen LogP contribution in [0.5, 0.6) is 23.0 Å². The van der Waals surface area contributed by atoms with E-state index in [9.17, 15) is 29.9 Å². The van der Waals surface area contributed by atoms with Crippen molar-refractivity contribution in [3.05, 3.63) is 97.7 Å². The van der Waals surface area contributed by atoms with Crippen LogP contribution in [0.1, 0.15) is 127 Å². The van der Waals surface area contributed by atoms with Gasteiger partial charge in [0, 0.05) is 40.2 Å². The van der Waals surface area contributed by atoms with Gasteiger partial charge in [0.25, 0.3) is 0 Å². The molecule has 5 heterocycles. The fourth-order valence-corrected chi connectivity index (χ4v) is 12.5. The minimum absolute atomic E-state index is 0.00105. The van der Waals surface area contributed by atoms with Crippen molar-refractivity contribution in [1.82, 2.24) is 0 Å². The Kier molecular flexibility index (Phi) is 13.7. The molecule has 10 rings (SSSR count). The number of Topliss-reactive ketones (excluding diaryl/α,β-unsaturated/α-hetero) is 2. The maximum atomic E-state index is 16.2. The largest absolute Gasteiger partial charge is 0.482 e. The predicted molar refractivity (Wildman–Crippen MR) is 265 cm³/mol. The molecule has 2 aromatic carbocycles. The Hall–Kier alpha value is -5.76. The number of ether oxygens (including phenoxy) is 9. The molecule has 4 bridgehead atoms. The molecule has 74 heavy (non-hydrogen) atoms. The molecule has 0 amide bonds. The number of fused-ring (bicyclic) bond motifs is 3. The fourth-order valence-electron chi connectivity index (χ4n) is 12.5. The van der Waals surface area contributed by atoms with Gasteiger partial charge in [0.2, 0.25) is 12.8 Å². The molecule has 18 nitrogen and oxygen atoms in total. The summed E-state index contributed by atoms with van der Waals surface area (Å²) in [6.07, 6.45) is 4.74. The third-order valence-corrected chi connectivity index (χ3v) is 15.9. The summed E-state index contributed by atoms with van der Waals surface area (Å²) >= 11 is 0. The maximum absolute atomic E-state index is 16.2. The van der Waals surface area contributed by atoms with Crippen molar-refractivity contribution < 1.29 is 76.9 Å². The highest BCUT2D eigenvalue weighted by atomic mass is 16.8. The third kappa shape index (κ3) is 8.87. The van der Waals surface area contributed by atoms with Gasteiger partial charge in [-0.15, -0.1) is 0 Å². The van der Waals surface area contributed by atoms with Crippen LogP contribution in [0.25, 0.3) is 6.08 Å². The van der Waals surface area contributed by atoms with Crippen LogP contribution >= 0.6 is 0 Å². The number of hydrogen-bond acceptors (Lipinski definition) is 17. The number of aliphatic hydroxyl groups is 2. The lowest BCUT2D eigenvalue weighted by Gasteiger charge is -2.62. The molecule has 12 atom stereocenters. The van der Waals surface area contributed by atoms with Gasteiger partial charge in [-0.25, -0.2) is 9.59 Å². The number of nitrogens with zero attached hydrogens (tertiary/aromatic N) is 1. The average molecular weight is 1030 g/mol. The van der Waals surface area contributed by atoms with E-state index in [0.29, 0.717) is 18.4 Å². The Labute approximate surface area is 430 Å². The van der Waals surface area contributed by atoms with E-state index in [1.54, 1.807) is 26.8 Å². The lowest BCUT2D eigenvalue weighted by atomic mass is 9.43. The number of aliphatic hydroxyl groups excluding tert-OH is 2. The number of carbonyl (C=O) groups is 4. The number of hydrogen-bond donors (Lipinski definition) is 2. The van der Waals surface area contributed by atoms with Gasteiger partial charge < -0.3 is 52.8 Å². The van der Waals surface area contributed by atoms with Gasteiger partial charge in [0.15, 0.2) is 34.3 Å². The van der Waals surface area contributed by atoms with E-state index in [2.05, 4.69) is 6.08 Å². The number of methoxy groups -OCH3 is 1. The molecule has 0 radical (unpaired) electrons. The summed E-state index contributed by atoms with van der Waals surface area (Å²) < 4.78 is 56.4. The SMILES string of the molecule is COC(=O)/C(C)=C\CC12OC(C)(C)C3CC(C1=O)C(C[N+](=O)[O-])C1C(=O)c4c(OC(=O)c5ccc(O[C@@H]6O[C@@H]7COC(C)(C)O[C@H]7[C@@H](O)[C@H]6O)cc5)c5c(c(CC=C(C)C)c4OC132)OC(C)(CCC=C(C)C)C=C5. The monoisotopic (exact) mass is 1030 g/mol. The second kappa shape index (κ2) is 19.1. The summed E-state index contributed by atoms with van der Waals surface area (Å²) in [7, 11) is 1.24. The minimum atomic E-state index is -1.90. The van der Waals surface area contributed by atoms with Crippen molar-refractivity contribution in [3.8, 4) is 23.0 Å². The zero-order valence-electron chi connectivity index (χ0n) is 43.8. The molecule has 6 fully saturated rings. The first-order valence-electron chi connectivity index (χ1n) is 25.3. The lowest BCUT2D eigenvalue weighted by molar-refractivity contribution is -0.494. The van der Waals surface area contributed by atoms with Crippen LogP contribution in [0.15, 0.2) is 65.3 Å². The van der Waals surface area contributed by atoms with Crippen molar-refractivity contribution in [1.29, 1.82) is 0 Å². The van der Waals surface area contributed by atoms with Crippen LogP contribution in [0.2, 0.25) is 0 Å². The predicted octanol–water partition coefficient (Wildman–Crippen LogP) is 7.40. The zero-order chi connectivity index (χ0) is 53.6. The second-order valence-electron chi connectivity index (χ2n) is 22.4. The number of esters is 2. The van der Waals surface area contributed by atoms with Crippen LogP contribution in [0, 0.1) is 33.8 Å². The molecule has 18 heteroatoms. The van der Waals surface area contributed by atoms with Crippen molar-refractivity contribution in [2.24, 2.45) is 23.7 Å². The molecule has 8 aliphatic rings. The van der Waals surface area contributed by atoms with Crippen LogP contribution in [0.4, 0.5) is 0 Å². The summed E-state index contributed by atoms with van der Waals surface area (Å²) in [6, 6.07) is 5.76. The topological polar surface area (TPSA) is 235 Å². The van der Waals surface area contributed by atoms with E-state index in [-0.39, 0.29) is 71.1 Å². The molecule has 7 unspecified atom stereocenters. The molecule has 5 aliphatic heterocycles. The Balaban J connectivity index is 1.18. The Morgan fingerprint density at radius 2 is 1.64 bits per heavy atom. The highest BCUT2D eigenvalue weighted by Crippen LogP contribution is 2.72. The maximum Gasteiger partial charge on any atom is 0.343 e. The molecule has 398 valence electrons. The highest BCUT2D eigenvalue weighted by Gasteiger charge is 2.86. The molecule has 3 saturated heterocycles. The highest BCUT2D eigenvalue weighted by molar-refractivity contribution is 6.11. The number of allylic oxidation sites excluding steroid dienone is 4. The Morgan fingerprint density at radius 3 is 2.30 bits per heavy atom. The smallest absolute Gasteiger partial charge is 0.343 e. The van der Waals surface area contributed by atoms with Gasteiger partial charge in [-0.05, 0) is 131 Å². The summed E-state index contributed by atoms with van der Waals surface area (Å²) in [5, 5.41) is 34.6. The molecule has 3 saturated carbocycles. The summed E-state index contributed by atoms with van der Waals surface area (Å²) in [6.45, 7) is 17.7. The van der Waals surface area contributed by atoms with Gasteiger partial charge >= 0.3 is 11.9 Å². The van der Waals surface area contributed by atoms with Crippen molar-refractivity contribution >= 4 is 29.6 Å². The second-order valence-corrected chi connectivity index (χ2v) is 22.4. The normalized spacial score (nSPS) is 33.6. The van der Waals surface area contributed by atoms with E-state index < -0.39 is 118 Å². The molecular weight excluding hydrogens is 959 g/mol. The van der Waals surface area contributed by atoms with Crippen LogP contribution < -0.4 is 18.9 Å². The van der Waals surface area contributed by atoms with E-state index in [1.807, 2.05) is 60.6 Å². The molecule has 3 aliphatic carbocycles. The lowest BCUT2D eigenvalue weighted by Crippen LogP contribution is -2.79. The molecule has 2 aromatic rings. The molecule has 1 spiro atoms. The first-order chi connectivity index (χ1) is 34.8. The first-order valence-corrected chi connectivity index (χ1v) is 25.3. The first kappa shape index (κ1) is 53.1. The number of ketones is 2. The van der Waals surface area contributed by atoms with Gasteiger partial charge in [0.1, 0.15) is 52.8 Å². The summed E-state index contributed by atoms with van der Waals surface area (Å²) in [5.74, 6) is -7.50. The fraction of sp³-hybridized carbons (Fsp3) is 0.571. The van der Waals surface area contributed by atoms with Gasteiger partial charge in [-0.1, -0.05) is 29.4 Å². The Morgan fingerprint density at radius 1 is 0.932 bits per heavy atom. The van der Waals surface area contributed by atoms with E-state index in [0.717, 1.165) is 11.1 Å². The number of nitro groups is 1. The summed E-state index contributed by atoms with van der Waals surface area (Å²) in [5.41, 5.74) is -2.91. The van der Waals surface area contributed by atoms with Crippen LogP contribution in [-0.2, 0) is 39.7 Å². The van der Waals surface area contributed by atoms with Gasteiger partial charge in [-0.2, -0.15) is 0 Å². The molecule has 2 N–H and O–H groups in total.